The normalized spacial score (nSPS) is 9.51. The van der Waals surface area contributed by atoms with Crippen LogP contribution in [0.3, 0.4) is 0 Å². The molecule has 0 atom stereocenters. The molecule has 0 fully saturated rings. The van der Waals surface area contributed by atoms with Gasteiger partial charge in [0.1, 0.15) is 0 Å². The number of hydrogen-bond donors (Lipinski definition) is 0. The van der Waals surface area contributed by atoms with E-state index >= 15 is 0 Å². The van der Waals surface area contributed by atoms with E-state index in [4.69, 9.17) is 0 Å². The first-order valence-corrected chi connectivity index (χ1v) is 14.6. The van der Waals surface area contributed by atoms with Crippen LogP contribution >= 0.6 is 30.2 Å². The molecule has 0 aliphatic rings. The summed E-state index contributed by atoms with van der Waals surface area (Å²) in [5, 5.41) is 0. The fraction of sp³-hybridized carbons (Fsp3) is 0.129. The molecule has 0 aromatic heterocycles. The second-order valence-electron chi connectivity index (χ2n) is 7.84. The van der Waals surface area contributed by atoms with Gasteiger partial charge in [0.25, 0.3) is 0 Å². The summed E-state index contributed by atoms with van der Waals surface area (Å²) in [7, 11) is 4.09. The molecule has 0 amide bonds. The predicted octanol–water partition coefficient (Wildman–Crippen LogP) is 8.01. The summed E-state index contributed by atoms with van der Waals surface area (Å²) in [6.45, 7) is 4.78. The summed E-state index contributed by atoms with van der Waals surface area (Å²) in [4.78, 5) is 25.9. The van der Waals surface area contributed by atoms with Crippen molar-refractivity contribution in [2.45, 2.75) is 6.42 Å². The first-order valence-electron chi connectivity index (χ1n) is 11.4. The number of halogens is 2. The Hall–Kier alpha value is -2.37. The molecule has 0 spiro atoms. The second-order valence-corrected chi connectivity index (χ2v) is 8.76. The summed E-state index contributed by atoms with van der Waals surface area (Å²) in [6, 6.07) is 35.9. The average Bonchev–Trinajstić information content (AvgIpc) is 2.96. The molecule has 0 heterocycles. The monoisotopic (exact) mass is 664 g/mol. The Morgan fingerprint density at radius 3 is 1.43 bits per heavy atom. The minimum absolute atomic E-state index is 0.0552. The van der Waals surface area contributed by atoms with Gasteiger partial charge in [-0.05, 0) is 44.9 Å². The molecule has 4 aromatic carbocycles. The number of hydrogen-bond acceptors (Lipinski definition) is 3. The molecular weight excluding hydrogens is 637 g/mol. The predicted molar refractivity (Wildman–Crippen MR) is 157 cm³/mol. The van der Waals surface area contributed by atoms with Crippen LogP contribution in [0.15, 0.2) is 114 Å². The Balaban J connectivity index is 0.000000290. The Labute approximate surface area is 244 Å². The van der Waals surface area contributed by atoms with Gasteiger partial charge in [0.15, 0.2) is 11.6 Å². The number of nitrogens with zero attached hydrogens (tertiary/aromatic N) is 1. The van der Waals surface area contributed by atoms with Crippen LogP contribution in [0.4, 0.5) is 0 Å². The van der Waals surface area contributed by atoms with Crippen LogP contribution < -0.4 is 0 Å². The fourth-order valence-corrected chi connectivity index (χ4v) is 3.23. The number of carbonyl (C=O) groups excluding carboxylic acids is 2. The zero-order chi connectivity index (χ0) is 27.5. The van der Waals surface area contributed by atoms with Gasteiger partial charge in [-0.3, -0.25) is 9.59 Å². The summed E-state index contributed by atoms with van der Waals surface area (Å²) in [5.41, 5.74) is 2.86. The van der Waals surface area contributed by atoms with Crippen molar-refractivity contribution in [3.63, 3.8) is 0 Å². The molecule has 0 unspecified atom stereocenters. The van der Waals surface area contributed by atoms with Gasteiger partial charge in [-0.15, -0.1) is 0 Å². The topological polar surface area (TPSA) is 37.4 Å². The Morgan fingerprint density at radius 2 is 1.08 bits per heavy atom. The van der Waals surface area contributed by atoms with E-state index in [1.54, 1.807) is 24.3 Å². The molecule has 0 saturated heterocycles. The van der Waals surface area contributed by atoms with Crippen molar-refractivity contribution < 1.29 is 23.3 Å². The van der Waals surface area contributed by atoms with Crippen LogP contribution in [0.1, 0.15) is 38.3 Å². The van der Waals surface area contributed by atoms with Gasteiger partial charge in [0, 0.05) is 21.2 Å². The van der Waals surface area contributed by atoms with E-state index in [0.29, 0.717) is 11.1 Å². The van der Waals surface area contributed by atoms with E-state index in [9.17, 15) is 9.59 Å². The molecule has 4 aromatic rings. The minimum atomic E-state index is 0.0552. The Kier molecular flexibility index (Phi) is 17.4. The van der Waals surface area contributed by atoms with Crippen LogP contribution in [0.2, 0.25) is 0 Å². The summed E-state index contributed by atoms with van der Waals surface area (Å²) in [6.07, 6.45) is 1.01. The molecule has 0 aliphatic heterocycles. The first-order chi connectivity index (χ1) is 17.9. The molecule has 4 rings (SSSR count). The maximum absolute atomic E-state index is 11.9. The molecule has 0 radical (unpaired) electrons. The second kappa shape index (κ2) is 19.7. The molecule has 0 aliphatic carbocycles. The standard InChI is InChI=1S/C13H9BrO.C13H9O.C5H12N.BrH.Ni/c14-12-8-6-11(7-9-12)13(15)10-4-2-1-3-5-10;14-13(11-7-3-1-4-8-11)12-9-5-2-6-10-12;1-4-5-6(2)3;;/h1-9H;1,3-10H;1,4-5H2,2-3H3;1H;/q;2*-1;;+1/p-1. The SMILES string of the molecule is O=C(c1cc[c-]cc1)c1ccccc1.O=C(c1ccccc1)c1ccc(Br)cc1.[CH2-]CCN(C)C.[Ni][Br]. The summed E-state index contributed by atoms with van der Waals surface area (Å²) in [5.74, 6) is 0.114. The van der Waals surface area contributed by atoms with Gasteiger partial charge in [0.05, 0.1) is 0 Å². The fourth-order valence-electron chi connectivity index (χ4n) is 2.97. The number of benzene rings is 4. The van der Waals surface area contributed by atoms with E-state index in [-0.39, 0.29) is 11.6 Å². The third-order valence-electron chi connectivity index (χ3n) is 4.76. The molecule has 0 bridgehead atoms. The quantitative estimate of drug-likeness (QED) is 0.119. The molecule has 0 saturated carbocycles. The van der Waals surface area contributed by atoms with Crippen LogP contribution in [0.25, 0.3) is 0 Å². The van der Waals surface area contributed by atoms with Crippen molar-refractivity contribution >= 4 is 41.7 Å². The third kappa shape index (κ3) is 13.1. The van der Waals surface area contributed by atoms with Gasteiger partial charge >= 0.3 is 27.9 Å². The van der Waals surface area contributed by atoms with Gasteiger partial charge in [0.2, 0.25) is 0 Å². The Bertz CT molecular complexity index is 1110. The first kappa shape index (κ1) is 32.7. The van der Waals surface area contributed by atoms with Gasteiger partial charge < -0.3 is 11.8 Å². The average molecular weight is 667 g/mol. The molecule has 197 valence electrons. The van der Waals surface area contributed by atoms with Crippen molar-refractivity contribution in [3.05, 3.63) is 149 Å². The van der Waals surface area contributed by atoms with E-state index in [0.717, 1.165) is 28.6 Å². The molecule has 3 nitrogen and oxygen atoms in total. The number of rotatable bonds is 6. The maximum atomic E-state index is 11.9. The van der Waals surface area contributed by atoms with Crippen molar-refractivity contribution in [3.8, 4) is 0 Å². The van der Waals surface area contributed by atoms with Crippen molar-refractivity contribution in [2.24, 2.45) is 0 Å². The molecular formula is C31H30Br2NNiO2-2. The number of ketones is 2. The van der Waals surface area contributed by atoms with E-state index < -0.39 is 0 Å². The van der Waals surface area contributed by atoms with E-state index in [1.807, 2.05) is 99.0 Å². The van der Waals surface area contributed by atoms with Crippen LogP contribution in [0, 0.1) is 13.0 Å². The zero-order valence-corrected chi connectivity index (χ0v) is 25.0. The Morgan fingerprint density at radius 1 is 0.703 bits per heavy atom. The van der Waals surface area contributed by atoms with E-state index in [1.165, 1.54) is 0 Å². The van der Waals surface area contributed by atoms with Crippen LogP contribution in [-0.2, 0) is 13.7 Å². The molecule has 37 heavy (non-hydrogen) atoms. The summed E-state index contributed by atoms with van der Waals surface area (Å²) < 4.78 is 0.979. The number of carbonyl (C=O) groups is 2. The van der Waals surface area contributed by atoms with Gasteiger partial charge in [-0.1, -0.05) is 82.2 Å². The van der Waals surface area contributed by atoms with Crippen molar-refractivity contribution in [1.29, 1.82) is 0 Å². The van der Waals surface area contributed by atoms with Crippen molar-refractivity contribution in [1.82, 2.24) is 4.90 Å². The zero-order valence-electron chi connectivity index (χ0n) is 20.8. The van der Waals surface area contributed by atoms with E-state index in [2.05, 4.69) is 61.7 Å². The van der Waals surface area contributed by atoms with Gasteiger partial charge in [-0.25, -0.2) is 0 Å². The summed E-state index contributed by atoms with van der Waals surface area (Å²) >= 11 is 9.59. The third-order valence-corrected chi connectivity index (χ3v) is 5.29. The van der Waals surface area contributed by atoms with Crippen molar-refractivity contribution in [2.75, 3.05) is 20.6 Å². The molecule has 6 heteroatoms. The van der Waals surface area contributed by atoms with Crippen LogP contribution in [-0.4, -0.2) is 37.1 Å². The van der Waals surface area contributed by atoms with Crippen LogP contribution in [0.5, 0.6) is 0 Å². The molecule has 0 N–H and O–H groups in total. The van der Waals surface area contributed by atoms with Gasteiger partial charge in [-0.2, -0.15) is 36.8 Å².